The lowest BCUT2D eigenvalue weighted by Crippen LogP contribution is -1.96. The summed E-state index contributed by atoms with van der Waals surface area (Å²) in [4.78, 5) is 0. The monoisotopic (exact) mass is 535 g/mol. The van der Waals surface area contributed by atoms with Crippen LogP contribution in [0.4, 0.5) is 0 Å². The smallest absolute Gasteiger partial charge is 0.160 e. The second-order valence-electron chi connectivity index (χ2n) is 11.0. The highest BCUT2D eigenvalue weighted by Gasteiger charge is 2.20. The SMILES string of the molecule is c1ccc(-c2cc(-c3ccccc3)cc(-n3c4ccccc4c4ccc5c(oc6ccc7ccccc7c65)c43)c2)cc1. The number of rotatable bonds is 3. The summed E-state index contributed by atoms with van der Waals surface area (Å²) in [6, 6.07) is 54.2. The number of nitrogens with zero attached hydrogens (tertiary/aromatic N) is 1. The predicted molar refractivity (Wildman–Crippen MR) is 176 cm³/mol. The molecule has 196 valence electrons. The molecule has 0 aliphatic carbocycles. The maximum Gasteiger partial charge on any atom is 0.160 e. The Morgan fingerprint density at radius 2 is 1.05 bits per heavy atom. The summed E-state index contributed by atoms with van der Waals surface area (Å²) in [5.74, 6) is 0. The van der Waals surface area contributed by atoms with Crippen LogP contribution in [0.5, 0.6) is 0 Å². The molecule has 42 heavy (non-hydrogen) atoms. The minimum absolute atomic E-state index is 0.913. The fourth-order valence-corrected chi connectivity index (χ4v) is 6.65. The van der Waals surface area contributed by atoms with Crippen LogP contribution >= 0.6 is 0 Å². The van der Waals surface area contributed by atoms with Crippen LogP contribution in [0.15, 0.2) is 156 Å². The molecule has 0 spiro atoms. The number of hydrogen-bond acceptors (Lipinski definition) is 1. The van der Waals surface area contributed by atoms with Crippen LogP contribution < -0.4 is 0 Å². The number of aromatic nitrogens is 1. The summed E-state index contributed by atoms with van der Waals surface area (Å²) in [5.41, 5.74) is 9.95. The van der Waals surface area contributed by atoms with Crippen molar-refractivity contribution >= 4 is 54.5 Å². The first-order chi connectivity index (χ1) is 20.8. The van der Waals surface area contributed by atoms with Gasteiger partial charge in [-0.2, -0.15) is 0 Å². The molecule has 0 aliphatic rings. The molecule has 0 N–H and O–H groups in total. The van der Waals surface area contributed by atoms with Gasteiger partial charge < -0.3 is 8.98 Å². The van der Waals surface area contributed by atoms with E-state index in [9.17, 15) is 0 Å². The normalized spacial score (nSPS) is 11.8. The van der Waals surface area contributed by atoms with E-state index >= 15 is 0 Å². The Balaban J connectivity index is 1.44. The number of fused-ring (bicyclic) bond motifs is 9. The number of para-hydroxylation sites is 1. The Bertz CT molecular complexity index is 2390. The quantitative estimate of drug-likeness (QED) is 0.220. The van der Waals surface area contributed by atoms with Crippen LogP contribution in [-0.4, -0.2) is 4.57 Å². The van der Waals surface area contributed by atoms with Crippen molar-refractivity contribution < 1.29 is 4.42 Å². The molecule has 0 unspecified atom stereocenters. The van der Waals surface area contributed by atoms with E-state index in [1.165, 1.54) is 49.2 Å². The summed E-state index contributed by atoms with van der Waals surface area (Å²) in [5, 5.41) is 7.15. The summed E-state index contributed by atoms with van der Waals surface area (Å²) in [6.07, 6.45) is 0. The minimum Gasteiger partial charge on any atom is -0.454 e. The summed E-state index contributed by atoms with van der Waals surface area (Å²) in [6.45, 7) is 0. The van der Waals surface area contributed by atoms with Crippen LogP contribution in [-0.2, 0) is 0 Å². The van der Waals surface area contributed by atoms with Crippen molar-refractivity contribution in [1.82, 2.24) is 4.57 Å². The first-order valence-corrected chi connectivity index (χ1v) is 14.4. The highest BCUT2D eigenvalue weighted by Crippen LogP contribution is 2.43. The third-order valence-electron chi connectivity index (χ3n) is 8.55. The van der Waals surface area contributed by atoms with Crippen LogP contribution in [0, 0.1) is 0 Å². The van der Waals surface area contributed by atoms with Gasteiger partial charge in [-0.1, -0.05) is 115 Å². The molecule has 0 aliphatic heterocycles. The standard InChI is InChI=1S/C40H25NO/c1-3-11-26(12-4-1)29-23-30(27-13-5-2-6-14-27)25-31(24-29)41-36-18-10-9-17-33(36)34-20-21-35-38-32-16-8-7-15-28(32)19-22-37(38)42-40(35)39(34)41/h1-25H. The zero-order valence-electron chi connectivity index (χ0n) is 22.8. The van der Waals surface area contributed by atoms with E-state index in [2.05, 4.69) is 156 Å². The van der Waals surface area contributed by atoms with Crippen molar-refractivity contribution in [3.63, 3.8) is 0 Å². The zero-order chi connectivity index (χ0) is 27.6. The maximum atomic E-state index is 6.77. The highest BCUT2D eigenvalue weighted by atomic mass is 16.3. The number of benzene rings is 7. The minimum atomic E-state index is 0.913. The van der Waals surface area contributed by atoms with Crippen LogP contribution in [0.25, 0.3) is 82.5 Å². The van der Waals surface area contributed by atoms with Crippen molar-refractivity contribution in [2.24, 2.45) is 0 Å². The molecule has 0 amide bonds. The Kier molecular flexibility index (Phi) is 4.93. The molecule has 0 fully saturated rings. The molecule has 0 bridgehead atoms. The third kappa shape index (κ3) is 3.39. The zero-order valence-corrected chi connectivity index (χ0v) is 22.8. The molecule has 7 aromatic carbocycles. The van der Waals surface area contributed by atoms with Crippen molar-refractivity contribution in [2.75, 3.05) is 0 Å². The third-order valence-corrected chi connectivity index (χ3v) is 8.55. The van der Waals surface area contributed by atoms with Gasteiger partial charge in [0.25, 0.3) is 0 Å². The van der Waals surface area contributed by atoms with Gasteiger partial charge in [-0.15, -0.1) is 0 Å². The molecule has 2 heterocycles. The molecule has 2 heteroatoms. The second kappa shape index (κ2) is 8.95. The molecular weight excluding hydrogens is 510 g/mol. The fraction of sp³-hybridized carbons (Fsp3) is 0. The average Bonchev–Trinajstić information content (AvgIpc) is 3.62. The molecular formula is C40H25NO. The maximum absolute atomic E-state index is 6.77. The van der Waals surface area contributed by atoms with Crippen LogP contribution in [0.3, 0.4) is 0 Å². The van der Waals surface area contributed by atoms with E-state index in [4.69, 9.17) is 4.42 Å². The summed E-state index contributed by atoms with van der Waals surface area (Å²) >= 11 is 0. The van der Waals surface area contributed by atoms with Crippen LogP contribution in [0.1, 0.15) is 0 Å². The molecule has 0 atom stereocenters. The van der Waals surface area contributed by atoms with Crippen molar-refractivity contribution in [2.45, 2.75) is 0 Å². The lowest BCUT2D eigenvalue weighted by Gasteiger charge is -2.14. The number of hydrogen-bond donors (Lipinski definition) is 0. The van der Waals surface area contributed by atoms with E-state index < -0.39 is 0 Å². The second-order valence-corrected chi connectivity index (χ2v) is 11.0. The largest absolute Gasteiger partial charge is 0.454 e. The van der Waals surface area contributed by atoms with Crippen molar-refractivity contribution in [1.29, 1.82) is 0 Å². The first kappa shape index (κ1) is 23.1. The molecule has 2 nitrogen and oxygen atoms in total. The summed E-state index contributed by atoms with van der Waals surface area (Å²) in [7, 11) is 0. The molecule has 9 aromatic rings. The van der Waals surface area contributed by atoms with Gasteiger partial charge in [0.05, 0.1) is 11.0 Å². The van der Waals surface area contributed by atoms with E-state index in [1.807, 2.05) is 0 Å². The van der Waals surface area contributed by atoms with Gasteiger partial charge in [0.15, 0.2) is 5.58 Å². The molecule has 2 aromatic heterocycles. The summed E-state index contributed by atoms with van der Waals surface area (Å²) < 4.78 is 9.17. The predicted octanol–water partition coefficient (Wildman–Crippen LogP) is 11.2. The fourth-order valence-electron chi connectivity index (χ4n) is 6.65. The van der Waals surface area contributed by atoms with Crippen molar-refractivity contribution in [3.05, 3.63) is 152 Å². The van der Waals surface area contributed by atoms with E-state index in [1.54, 1.807) is 0 Å². The lowest BCUT2D eigenvalue weighted by atomic mass is 9.98. The topological polar surface area (TPSA) is 18.1 Å². The van der Waals surface area contributed by atoms with Gasteiger partial charge in [0.1, 0.15) is 5.58 Å². The van der Waals surface area contributed by atoms with E-state index in [0.717, 1.165) is 33.3 Å². The van der Waals surface area contributed by atoms with Gasteiger partial charge >= 0.3 is 0 Å². The Labute approximate surface area is 242 Å². The van der Waals surface area contributed by atoms with Crippen molar-refractivity contribution in [3.8, 4) is 27.9 Å². The number of furan rings is 1. The Morgan fingerprint density at radius 3 is 1.79 bits per heavy atom. The van der Waals surface area contributed by atoms with E-state index in [0.29, 0.717) is 0 Å². The van der Waals surface area contributed by atoms with Gasteiger partial charge in [-0.25, -0.2) is 0 Å². The van der Waals surface area contributed by atoms with E-state index in [-0.39, 0.29) is 0 Å². The average molecular weight is 536 g/mol. The molecule has 0 saturated carbocycles. The highest BCUT2D eigenvalue weighted by molar-refractivity contribution is 6.26. The first-order valence-electron chi connectivity index (χ1n) is 14.4. The van der Waals surface area contributed by atoms with Gasteiger partial charge in [-0.3, -0.25) is 0 Å². The Hall–Kier alpha value is -5.60. The van der Waals surface area contributed by atoms with Gasteiger partial charge in [0, 0.05) is 27.2 Å². The van der Waals surface area contributed by atoms with Crippen LogP contribution in [0.2, 0.25) is 0 Å². The molecule has 9 rings (SSSR count). The van der Waals surface area contributed by atoms with Gasteiger partial charge in [0.2, 0.25) is 0 Å². The Morgan fingerprint density at radius 1 is 0.429 bits per heavy atom. The molecule has 0 saturated heterocycles. The van der Waals surface area contributed by atoms with Gasteiger partial charge in [-0.05, 0) is 69.4 Å². The lowest BCUT2D eigenvalue weighted by molar-refractivity contribution is 0.671. The molecule has 0 radical (unpaired) electrons.